The van der Waals surface area contributed by atoms with Crippen LogP contribution in [-0.4, -0.2) is 52.2 Å². The van der Waals surface area contributed by atoms with Gasteiger partial charge in [-0.05, 0) is 44.9 Å². The zero-order valence-corrected chi connectivity index (χ0v) is 15.3. The Kier molecular flexibility index (Phi) is 5.60. The Labute approximate surface area is 149 Å². The molecule has 0 saturated heterocycles. The zero-order valence-electron chi connectivity index (χ0n) is 15.3. The van der Waals surface area contributed by atoms with E-state index in [4.69, 9.17) is 5.11 Å². The maximum atomic E-state index is 9.14. The summed E-state index contributed by atoms with van der Waals surface area (Å²) in [6.07, 6.45) is 5.33. The first kappa shape index (κ1) is 17.8. The molecule has 2 aromatic rings. The molecule has 2 heterocycles. The van der Waals surface area contributed by atoms with Crippen LogP contribution in [0.3, 0.4) is 0 Å². The molecule has 1 aliphatic carbocycles. The van der Waals surface area contributed by atoms with Gasteiger partial charge in [0.2, 0.25) is 0 Å². The van der Waals surface area contributed by atoms with E-state index >= 15 is 0 Å². The normalized spacial score (nSPS) is 16.8. The smallest absolute Gasteiger partial charge is 0.132 e. The van der Waals surface area contributed by atoms with E-state index in [1.165, 1.54) is 17.7 Å². The topological polar surface area (TPSA) is 65.4 Å². The first-order chi connectivity index (χ1) is 12.1. The van der Waals surface area contributed by atoms with Gasteiger partial charge >= 0.3 is 0 Å². The highest BCUT2D eigenvalue weighted by Crippen LogP contribution is 2.32. The van der Waals surface area contributed by atoms with Crippen molar-refractivity contribution in [1.29, 1.82) is 0 Å². The van der Waals surface area contributed by atoms with Crippen LogP contribution in [0.15, 0.2) is 24.4 Å². The minimum atomic E-state index is 0.110. The third kappa shape index (κ3) is 4.14. The number of hydrogen-bond acceptors (Lipinski definition) is 6. The van der Waals surface area contributed by atoms with Gasteiger partial charge in [-0.25, -0.2) is 9.97 Å². The number of hydrogen-bond donors (Lipinski definition) is 1. The number of pyridine rings is 1. The van der Waals surface area contributed by atoms with Gasteiger partial charge < -0.3 is 10.0 Å². The Balaban J connectivity index is 1.78. The highest BCUT2D eigenvalue weighted by atomic mass is 16.3. The van der Waals surface area contributed by atoms with Gasteiger partial charge in [0, 0.05) is 32.4 Å². The molecule has 0 bridgehead atoms. The molecule has 0 fully saturated rings. The lowest BCUT2D eigenvalue weighted by molar-refractivity contribution is 0.206. The first-order valence-corrected chi connectivity index (χ1v) is 8.89. The molecule has 0 aromatic carbocycles. The van der Waals surface area contributed by atoms with Gasteiger partial charge in [0.05, 0.1) is 24.0 Å². The summed E-state index contributed by atoms with van der Waals surface area (Å²) in [5.74, 6) is 1.61. The quantitative estimate of drug-likeness (QED) is 0.868. The fourth-order valence-corrected chi connectivity index (χ4v) is 3.53. The number of anilines is 1. The van der Waals surface area contributed by atoms with E-state index in [1.807, 2.05) is 37.2 Å². The third-order valence-corrected chi connectivity index (χ3v) is 4.81. The molecule has 3 rings (SSSR count). The summed E-state index contributed by atoms with van der Waals surface area (Å²) in [4.78, 5) is 18.0. The lowest BCUT2D eigenvalue weighted by atomic mass is 9.91. The van der Waals surface area contributed by atoms with Crippen LogP contribution in [0.1, 0.15) is 41.7 Å². The van der Waals surface area contributed by atoms with E-state index in [9.17, 15) is 0 Å². The van der Waals surface area contributed by atoms with Gasteiger partial charge in [0.1, 0.15) is 11.6 Å². The number of aromatic nitrogens is 3. The Hall–Kier alpha value is -2.05. The average Bonchev–Trinajstić information content (AvgIpc) is 2.61. The minimum absolute atomic E-state index is 0.110. The van der Waals surface area contributed by atoms with E-state index in [2.05, 4.69) is 33.0 Å². The Morgan fingerprint density at radius 3 is 2.92 bits per heavy atom. The maximum Gasteiger partial charge on any atom is 0.132 e. The van der Waals surface area contributed by atoms with E-state index in [0.29, 0.717) is 12.6 Å². The van der Waals surface area contributed by atoms with Crippen LogP contribution in [0, 0.1) is 6.92 Å². The maximum absolute atomic E-state index is 9.14. The molecule has 1 atom stereocenters. The third-order valence-electron chi connectivity index (χ3n) is 4.81. The van der Waals surface area contributed by atoms with Crippen LogP contribution < -0.4 is 4.90 Å². The van der Waals surface area contributed by atoms with E-state index in [-0.39, 0.29) is 6.61 Å². The molecule has 1 aliphatic rings. The molecule has 25 heavy (non-hydrogen) atoms. The van der Waals surface area contributed by atoms with Gasteiger partial charge in [-0.15, -0.1) is 0 Å². The average molecular weight is 341 g/mol. The first-order valence-electron chi connectivity index (χ1n) is 8.89. The molecule has 1 N–H and O–H groups in total. The predicted octanol–water partition coefficient (Wildman–Crippen LogP) is 2.12. The second-order valence-electron chi connectivity index (χ2n) is 6.78. The molecule has 0 spiro atoms. The van der Waals surface area contributed by atoms with Crippen molar-refractivity contribution >= 4 is 5.82 Å². The summed E-state index contributed by atoms with van der Waals surface area (Å²) in [7, 11) is 4.08. The number of likely N-dealkylation sites (N-methyl/N-ethyl adjacent to an activating group) is 1. The van der Waals surface area contributed by atoms with Gasteiger partial charge in [-0.3, -0.25) is 9.88 Å². The number of rotatable bonds is 6. The monoisotopic (exact) mass is 341 g/mol. The van der Waals surface area contributed by atoms with Gasteiger partial charge in [0.15, 0.2) is 0 Å². The summed E-state index contributed by atoms with van der Waals surface area (Å²) in [5, 5.41) is 9.14. The van der Waals surface area contributed by atoms with E-state index in [1.54, 1.807) is 0 Å². The molecule has 2 aromatic heterocycles. The van der Waals surface area contributed by atoms with Crippen LogP contribution in [0.5, 0.6) is 0 Å². The SMILES string of the molecule is Cc1nc(CN(C)[C@H]2CCCc3cccnc32)cc(N(C)CCO)n1. The van der Waals surface area contributed by atoms with E-state index < -0.39 is 0 Å². The summed E-state index contributed by atoms with van der Waals surface area (Å²) in [6, 6.07) is 6.57. The Morgan fingerprint density at radius 2 is 2.12 bits per heavy atom. The largest absolute Gasteiger partial charge is 0.395 e. The van der Waals surface area contributed by atoms with Crippen molar-refractivity contribution in [3.63, 3.8) is 0 Å². The molecule has 6 nitrogen and oxygen atoms in total. The fourth-order valence-electron chi connectivity index (χ4n) is 3.53. The Morgan fingerprint density at radius 1 is 1.28 bits per heavy atom. The van der Waals surface area contributed by atoms with Crippen LogP contribution in [0.2, 0.25) is 0 Å². The zero-order chi connectivity index (χ0) is 17.8. The number of fused-ring (bicyclic) bond motifs is 1. The van der Waals surface area contributed by atoms with Crippen molar-refractivity contribution < 1.29 is 5.11 Å². The second-order valence-corrected chi connectivity index (χ2v) is 6.78. The van der Waals surface area contributed by atoms with Crippen LogP contribution in [0.4, 0.5) is 5.82 Å². The Bertz CT molecular complexity index is 721. The standard InChI is InChI=1S/C19H27N5O/c1-14-21-16(12-18(22-14)23(2)10-11-25)13-24(3)17-8-4-6-15-7-5-9-20-19(15)17/h5,7,9,12,17,25H,4,6,8,10-11,13H2,1-3H3/t17-/m0/s1. The highest BCUT2D eigenvalue weighted by molar-refractivity contribution is 5.39. The van der Waals surface area contributed by atoms with Gasteiger partial charge in [-0.1, -0.05) is 6.07 Å². The fraction of sp³-hybridized carbons (Fsp3) is 0.526. The van der Waals surface area contributed by atoms with Crippen molar-refractivity contribution in [3.8, 4) is 0 Å². The van der Waals surface area contributed by atoms with Crippen LogP contribution in [-0.2, 0) is 13.0 Å². The van der Waals surface area contributed by atoms with Crippen molar-refractivity contribution in [1.82, 2.24) is 19.9 Å². The number of aryl methyl sites for hydroxylation is 2. The van der Waals surface area contributed by atoms with Crippen LogP contribution in [0.25, 0.3) is 0 Å². The molecule has 6 heteroatoms. The van der Waals surface area contributed by atoms with Gasteiger partial charge in [0.25, 0.3) is 0 Å². The number of aliphatic hydroxyl groups is 1. The molecule has 0 amide bonds. The molecule has 0 unspecified atom stereocenters. The number of aliphatic hydroxyl groups excluding tert-OH is 1. The summed E-state index contributed by atoms with van der Waals surface area (Å²) < 4.78 is 0. The minimum Gasteiger partial charge on any atom is -0.395 e. The predicted molar refractivity (Wildman–Crippen MR) is 98.5 cm³/mol. The highest BCUT2D eigenvalue weighted by Gasteiger charge is 2.25. The molecule has 0 saturated carbocycles. The van der Waals surface area contributed by atoms with Crippen molar-refractivity contribution in [2.75, 3.05) is 32.1 Å². The van der Waals surface area contributed by atoms with Gasteiger partial charge in [-0.2, -0.15) is 0 Å². The van der Waals surface area contributed by atoms with Crippen molar-refractivity contribution in [2.24, 2.45) is 0 Å². The van der Waals surface area contributed by atoms with Crippen molar-refractivity contribution in [3.05, 3.63) is 47.2 Å². The molecule has 0 aliphatic heterocycles. The van der Waals surface area contributed by atoms with E-state index in [0.717, 1.165) is 36.7 Å². The molecule has 0 radical (unpaired) electrons. The molecular weight excluding hydrogens is 314 g/mol. The molecular formula is C19H27N5O. The lowest BCUT2D eigenvalue weighted by Crippen LogP contribution is -2.29. The summed E-state index contributed by atoms with van der Waals surface area (Å²) >= 11 is 0. The second kappa shape index (κ2) is 7.89. The van der Waals surface area contributed by atoms with Crippen LogP contribution >= 0.6 is 0 Å². The lowest BCUT2D eigenvalue weighted by Gasteiger charge is -2.32. The summed E-state index contributed by atoms with van der Waals surface area (Å²) in [6.45, 7) is 3.34. The number of nitrogens with zero attached hydrogens (tertiary/aromatic N) is 5. The van der Waals surface area contributed by atoms with Crippen molar-refractivity contribution in [2.45, 2.75) is 38.8 Å². The molecule has 134 valence electrons. The summed E-state index contributed by atoms with van der Waals surface area (Å²) in [5.41, 5.74) is 3.57.